The maximum atomic E-state index is 4.44. The molecule has 0 fully saturated rings. The van der Waals surface area contributed by atoms with Crippen LogP contribution >= 0.6 is 15.9 Å². The summed E-state index contributed by atoms with van der Waals surface area (Å²) >= 11 is 3.53. The van der Waals surface area contributed by atoms with Crippen LogP contribution in [0.1, 0.15) is 29.8 Å². The van der Waals surface area contributed by atoms with Crippen molar-refractivity contribution in [1.29, 1.82) is 0 Å². The third-order valence-electron chi connectivity index (χ3n) is 3.21. The second-order valence-corrected chi connectivity index (χ2v) is 5.70. The normalized spacial score (nSPS) is 12.6. The first-order chi connectivity index (χ1) is 9.10. The zero-order chi connectivity index (χ0) is 13.8. The van der Waals surface area contributed by atoms with Crippen LogP contribution in [0.5, 0.6) is 0 Å². The summed E-state index contributed by atoms with van der Waals surface area (Å²) in [5, 5.41) is 7.99. The Morgan fingerprint density at radius 2 is 2.21 bits per heavy atom. The van der Waals surface area contributed by atoms with E-state index in [0.717, 1.165) is 23.1 Å². The highest BCUT2D eigenvalue weighted by Crippen LogP contribution is 2.22. The molecule has 0 saturated carbocycles. The van der Waals surface area contributed by atoms with E-state index in [0.29, 0.717) is 6.04 Å². The molecular formula is C15H20BrN3. The Hall–Kier alpha value is -1.13. The van der Waals surface area contributed by atoms with E-state index in [1.54, 1.807) is 0 Å². The number of nitrogens with zero attached hydrogens (tertiary/aromatic N) is 2. The van der Waals surface area contributed by atoms with Crippen molar-refractivity contribution in [2.24, 2.45) is 7.05 Å². The molecule has 3 nitrogen and oxygen atoms in total. The molecule has 0 spiro atoms. The molecule has 1 aromatic heterocycles. The quantitative estimate of drug-likeness (QED) is 0.914. The first kappa shape index (κ1) is 14.3. The van der Waals surface area contributed by atoms with E-state index >= 15 is 0 Å². The molecule has 0 aliphatic carbocycles. The van der Waals surface area contributed by atoms with Gasteiger partial charge < -0.3 is 5.32 Å². The number of hydrogen-bond acceptors (Lipinski definition) is 2. The number of nitrogens with one attached hydrogen (secondary N) is 1. The van der Waals surface area contributed by atoms with Gasteiger partial charge >= 0.3 is 0 Å². The Kier molecular flexibility index (Phi) is 4.77. The first-order valence-corrected chi connectivity index (χ1v) is 7.37. The lowest BCUT2D eigenvalue weighted by atomic mass is 9.99. The zero-order valence-corrected chi connectivity index (χ0v) is 13.2. The number of hydrogen-bond donors (Lipinski definition) is 1. The molecule has 2 rings (SSSR count). The van der Waals surface area contributed by atoms with Gasteiger partial charge in [0.25, 0.3) is 0 Å². The first-order valence-electron chi connectivity index (χ1n) is 6.58. The van der Waals surface area contributed by atoms with Crippen LogP contribution in [0.15, 0.2) is 34.9 Å². The lowest BCUT2D eigenvalue weighted by molar-refractivity contribution is 0.547. The molecule has 4 heteroatoms. The summed E-state index contributed by atoms with van der Waals surface area (Å²) in [6.07, 6.45) is 3.08. The van der Waals surface area contributed by atoms with E-state index in [1.165, 1.54) is 11.1 Å². The minimum atomic E-state index is 0.313. The summed E-state index contributed by atoms with van der Waals surface area (Å²) in [6, 6.07) is 8.80. The standard InChI is InChI=1S/C15H20BrN3/c1-4-17-15(14-10-19(3)18-11(14)2)9-12-6-5-7-13(16)8-12/h5-8,10,15,17H,4,9H2,1-3H3. The fourth-order valence-electron chi connectivity index (χ4n) is 2.40. The van der Waals surface area contributed by atoms with Crippen molar-refractivity contribution in [3.05, 3.63) is 51.8 Å². The van der Waals surface area contributed by atoms with E-state index in [2.05, 4.69) is 70.7 Å². The molecule has 1 N–H and O–H groups in total. The van der Waals surface area contributed by atoms with Crippen molar-refractivity contribution in [3.63, 3.8) is 0 Å². The highest BCUT2D eigenvalue weighted by atomic mass is 79.9. The molecule has 1 heterocycles. The highest BCUT2D eigenvalue weighted by Gasteiger charge is 2.16. The van der Waals surface area contributed by atoms with Gasteiger partial charge in [0, 0.05) is 29.3 Å². The molecule has 0 amide bonds. The summed E-state index contributed by atoms with van der Waals surface area (Å²) in [6.45, 7) is 5.16. The van der Waals surface area contributed by atoms with Crippen LogP contribution in [-0.2, 0) is 13.5 Å². The van der Waals surface area contributed by atoms with Crippen molar-refractivity contribution in [1.82, 2.24) is 15.1 Å². The predicted octanol–water partition coefficient (Wildman–Crippen LogP) is 3.38. The topological polar surface area (TPSA) is 29.9 Å². The molecule has 0 aliphatic heterocycles. The van der Waals surface area contributed by atoms with Gasteiger partial charge in [-0.3, -0.25) is 4.68 Å². The molecular weight excluding hydrogens is 302 g/mol. The van der Waals surface area contributed by atoms with Crippen molar-refractivity contribution >= 4 is 15.9 Å². The van der Waals surface area contributed by atoms with Gasteiger partial charge in [-0.2, -0.15) is 5.10 Å². The number of benzene rings is 1. The van der Waals surface area contributed by atoms with Crippen LogP contribution in [0.25, 0.3) is 0 Å². The maximum absolute atomic E-state index is 4.44. The van der Waals surface area contributed by atoms with Crippen LogP contribution in [0.4, 0.5) is 0 Å². The summed E-state index contributed by atoms with van der Waals surface area (Å²) in [4.78, 5) is 0. The van der Waals surface area contributed by atoms with Crippen LogP contribution in [-0.4, -0.2) is 16.3 Å². The van der Waals surface area contributed by atoms with Gasteiger partial charge in [-0.05, 0) is 37.6 Å². The maximum Gasteiger partial charge on any atom is 0.0641 e. The summed E-state index contributed by atoms with van der Waals surface area (Å²) in [5.74, 6) is 0. The Morgan fingerprint density at radius 3 is 2.79 bits per heavy atom. The van der Waals surface area contributed by atoms with Crippen LogP contribution < -0.4 is 5.32 Å². The second-order valence-electron chi connectivity index (χ2n) is 4.79. The summed E-state index contributed by atoms with van der Waals surface area (Å²) in [5.41, 5.74) is 3.70. The van der Waals surface area contributed by atoms with Gasteiger partial charge in [0.2, 0.25) is 0 Å². The number of aromatic nitrogens is 2. The van der Waals surface area contributed by atoms with E-state index in [-0.39, 0.29) is 0 Å². The highest BCUT2D eigenvalue weighted by molar-refractivity contribution is 9.10. The van der Waals surface area contributed by atoms with Gasteiger partial charge in [0.05, 0.1) is 5.69 Å². The van der Waals surface area contributed by atoms with Crippen molar-refractivity contribution in [2.75, 3.05) is 6.54 Å². The van der Waals surface area contributed by atoms with Crippen LogP contribution in [0.3, 0.4) is 0 Å². The average molecular weight is 322 g/mol. The zero-order valence-electron chi connectivity index (χ0n) is 11.7. The molecule has 0 bridgehead atoms. The average Bonchev–Trinajstić information content (AvgIpc) is 2.68. The minimum Gasteiger partial charge on any atom is -0.310 e. The van der Waals surface area contributed by atoms with E-state index in [9.17, 15) is 0 Å². The number of aryl methyl sites for hydroxylation is 2. The second kappa shape index (κ2) is 6.35. The minimum absolute atomic E-state index is 0.313. The molecule has 2 aromatic rings. The molecule has 1 aromatic carbocycles. The molecule has 102 valence electrons. The van der Waals surface area contributed by atoms with E-state index in [4.69, 9.17) is 0 Å². The molecule has 0 aliphatic rings. The third kappa shape index (κ3) is 3.67. The van der Waals surface area contributed by atoms with Gasteiger partial charge in [-0.1, -0.05) is 35.0 Å². The molecule has 1 atom stereocenters. The summed E-state index contributed by atoms with van der Waals surface area (Å²) in [7, 11) is 1.97. The number of halogens is 1. The Bertz CT molecular complexity index is 548. The van der Waals surface area contributed by atoms with Crippen LogP contribution in [0.2, 0.25) is 0 Å². The molecule has 19 heavy (non-hydrogen) atoms. The fraction of sp³-hybridized carbons (Fsp3) is 0.400. The summed E-state index contributed by atoms with van der Waals surface area (Å²) < 4.78 is 3.01. The van der Waals surface area contributed by atoms with E-state index in [1.807, 2.05) is 11.7 Å². The molecule has 0 saturated heterocycles. The van der Waals surface area contributed by atoms with E-state index < -0.39 is 0 Å². The lowest BCUT2D eigenvalue weighted by Gasteiger charge is -2.17. The van der Waals surface area contributed by atoms with Crippen LogP contribution in [0, 0.1) is 6.92 Å². The smallest absolute Gasteiger partial charge is 0.0641 e. The molecule has 0 radical (unpaired) electrons. The Morgan fingerprint density at radius 1 is 1.42 bits per heavy atom. The van der Waals surface area contributed by atoms with Crippen molar-refractivity contribution in [3.8, 4) is 0 Å². The van der Waals surface area contributed by atoms with Gasteiger partial charge in [0.1, 0.15) is 0 Å². The monoisotopic (exact) mass is 321 g/mol. The van der Waals surface area contributed by atoms with Gasteiger partial charge in [0.15, 0.2) is 0 Å². The predicted molar refractivity (Wildman–Crippen MR) is 82.2 cm³/mol. The SMILES string of the molecule is CCNC(Cc1cccc(Br)c1)c1cn(C)nc1C. The third-order valence-corrected chi connectivity index (χ3v) is 3.70. The Balaban J connectivity index is 2.23. The lowest BCUT2D eigenvalue weighted by Crippen LogP contribution is -2.23. The number of rotatable bonds is 5. The fourth-order valence-corrected chi connectivity index (χ4v) is 2.84. The largest absolute Gasteiger partial charge is 0.310 e. The van der Waals surface area contributed by atoms with Crippen molar-refractivity contribution in [2.45, 2.75) is 26.3 Å². The Labute approximate surface area is 123 Å². The van der Waals surface area contributed by atoms with Gasteiger partial charge in [-0.15, -0.1) is 0 Å². The molecule has 1 unspecified atom stereocenters. The number of likely N-dealkylation sites (N-methyl/N-ethyl adjacent to an activating group) is 1. The van der Waals surface area contributed by atoms with Gasteiger partial charge in [-0.25, -0.2) is 0 Å². The van der Waals surface area contributed by atoms with Crippen molar-refractivity contribution < 1.29 is 0 Å².